The molecule has 6 heteroatoms. The van der Waals surface area contributed by atoms with Crippen molar-refractivity contribution in [3.05, 3.63) is 68.7 Å². The number of methoxy groups -OCH3 is 1. The lowest BCUT2D eigenvalue weighted by Crippen LogP contribution is -2.45. The number of hydrogen-bond donors (Lipinski definition) is 0. The lowest BCUT2D eigenvalue weighted by molar-refractivity contribution is -0.154. The van der Waals surface area contributed by atoms with Crippen LogP contribution in [0.2, 0.25) is 10.0 Å². The third-order valence-corrected chi connectivity index (χ3v) is 9.46. The Morgan fingerprint density at radius 3 is 2.61 bits per heavy atom. The number of hydrogen-bond acceptors (Lipinski definition) is 4. The van der Waals surface area contributed by atoms with Gasteiger partial charge in [0, 0.05) is 28.5 Å². The third-order valence-electron chi connectivity index (χ3n) is 8.91. The average Bonchev–Trinajstić information content (AvgIpc) is 3.17. The van der Waals surface area contributed by atoms with Crippen molar-refractivity contribution in [3.8, 4) is 5.75 Å². The van der Waals surface area contributed by atoms with E-state index < -0.39 is 0 Å². The Morgan fingerprint density at radius 1 is 1.08 bits per heavy atom. The molecule has 36 heavy (non-hydrogen) atoms. The highest BCUT2D eigenvalue weighted by molar-refractivity contribution is 6.37. The fourth-order valence-electron chi connectivity index (χ4n) is 7.21. The second kappa shape index (κ2) is 9.87. The van der Waals surface area contributed by atoms with Gasteiger partial charge in [0.15, 0.2) is 5.78 Å². The first-order valence-electron chi connectivity index (χ1n) is 12.8. The average molecular weight is 527 g/mol. The normalized spacial score (nSPS) is 28.8. The van der Waals surface area contributed by atoms with Crippen molar-refractivity contribution < 1.29 is 19.1 Å². The van der Waals surface area contributed by atoms with Gasteiger partial charge in [0.05, 0.1) is 12.1 Å². The first kappa shape index (κ1) is 25.4. The Morgan fingerprint density at radius 2 is 1.89 bits per heavy atom. The van der Waals surface area contributed by atoms with Crippen LogP contribution in [0.3, 0.4) is 0 Å². The summed E-state index contributed by atoms with van der Waals surface area (Å²) in [6.07, 6.45) is 9.79. The van der Waals surface area contributed by atoms with E-state index in [0.29, 0.717) is 33.4 Å². The van der Waals surface area contributed by atoms with Gasteiger partial charge in [-0.25, -0.2) is 0 Å². The van der Waals surface area contributed by atoms with Crippen LogP contribution in [0.25, 0.3) is 6.08 Å². The van der Waals surface area contributed by atoms with Gasteiger partial charge in [-0.15, -0.1) is 0 Å². The molecule has 2 aromatic carbocycles. The van der Waals surface area contributed by atoms with Gasteiger partial charge in [-0.1, -0.05) is 30.1 Å². The number of halogens is 2. The number of esters is 1. The van der Waals surface area contributed by atoms with Crippen molar-refractivity contribution in [2.75, 3.05) is 7.11 Å². The zero-order chi connectivity index (χ0) is 25.6. The predicted molar refractivity (Wildman–Crippen MR) is 143 cm³/mol. The van der Waals surface area contributed by atoms with Crippen molar-refractivity contribution in [2.45, 2.75) is 64.4 Å². The Bertz CT molecular complexity index is 1240. The van der Waals surface area contributed by atoms with Crippen molar-refractivity contribution in [1.29, 1.82) is 0 Å². The van der Waals surface area contributed by atoms with Gasteiger partial charge in [-0.05, 0) is 110 Å². The van der Waals surface area contributed by atoms with Crippen molar-refractivity contribution in [1.82, 2.24) is 0 Å². The number of aryl methyl sites for hydroxylation is 1. The van der Waals surface area contributed by atoms with E-state index in [0.717, 1.165) is 49.8 Å². The lowest BCUT2D eigenvalue weighted by Gasteiger charge is -2.50. The molecule has 5 rings (SSSR count). The second-order valence-corrected chi connectivity index (χ2v) is 11.6. The minimum Gasteiger partial charge on any atom is -0.496 e. The number of allylic oxidation sites excluding steroid dienone is 1. The maximum atomic E-state index is 12.8. The van der Waals surface area contributed by atoms with Gasteiger partial charge >= 0.3 is 5.97 Å². The van der Waals surface area contributed by atoms with Gasteiger partial charge in [0.1, 0.15) is 11.9 Å². The van der Waals surface area contributed by atoms with Crippen molar-refractivity contribution >= 4 is 41.0 Å². The fraction of sp³-hybridized carbons (Fsp3) is 0.467. The molecule has 0 spiro atoms. The summed E-state index contributed by atoms with van der Waals surface area (Å²) in [7, 11) is 1.67. The molecule has 4 nitrogen and oxygen atoms in total. The summed E-state index contributed by atoms with van der Waals surface area (Å²) in [6.45, 7) is 3.85. The van der Waals surface area contributed by atoms with Crippen LogP contribution >= 0.6 is 23.2 Å². The van der Waals surface area contributed by atoms with Crippen LogP contribution in [0.5, 0.6) is 5.75 Å². The van der Waals surface area contributed by atoms with E-state index in [1.807, 2.05) is 6.08 Å². The molecule has 3 aliphatic rings. The summed E-state index contributed by atoms with van der Waals surface area (Å²) >= 11 is 12.2. The smallest absolute Gasteiger partial charge is 0.302 e. The van der Waals surface area contributed by atoms with Crippen LogP contribution in [-0.2, 0) is 16.0 Å². The summed E-state index contributed by atoms with van der Waals surface area (Å²) in [5, 5.41) is 0.836. The van der Waals surface area contributed by atoms with E-state index in [9.17, 15) is 9.59 Å². The minimum atomic E-state index is -0.176. The maximum absolute atomic E-state index is 12.8. The maximum Gasteiger partial charge on any atom is 0.302 e. The van der Waals surface area contributed by atoms with Crippen LogP contribution < -0.4 is 4.74 Å². The largest absolute Gasteiger partial charge is 0.496 e. The number of ether oxygens (including phenoxy) is 2. The van der Waals surface area contributed by atoms with Crippen LogP contribution in [0.15, 0.2) is 36.4 Å². The molecular weight excluding hydrogens is 495 g/mol. The van der Waals surface area contributed by atoms with E-state index in [4.69, 9.17) is 32.7 Å². The molecule has 2 fully saturated rings. The Labute approximate surface area is 223 Å². The quantitative estimate of drug-likeness (QED) is 0.227. The van der Waals surface area contributed by atoms with Crippen LogP contribution in [0.1, 0.15) is 78.9 Å². The summed E-state index contributed by atoms with van der Waals surface area (Å²) < 4.78 is 11.5. The van der Waals surface area contributed by atoms with E-state index in [-0.39, 0.29) is 23.3 Å². The first-order chi connectivity index (χ1) is 17.2. The van der Waals surface area contributed by atoms with Crippen LogP contribution in [0.4, 0.5) is 0 Å². The van der Waals surface area contributed by atoms with E-state index in [1.165, 1.54) is 18.1 Å². The van der Waals surface area contributed by atoms with Gasteiger partial charge in [-0.3, -0.25) is 9.59 Å². The van der Waals surface area contributed by atoms with Crippen molar-refractivity contribution in [3.63, 3.8) is 0 Å². The number of rotatable bonds is 5. The minimum absolute atomic E-state index is 0.0300. The topological polar surface area (TPSA) is 52.6 Å². The molecule has 0 bridgehead atoms. The summed E-state index contributed by atoms with van der Waals surface area (Å²) in [5.41, 5.74) is 4.10. The molecule has 0 N–H and O–H groups in total. The number of fused-ring (bicyclic) bond motifs is 5. The van der Waals surface area contributed by atoms with Crippen molar-refractivity contribution in [2.24, 2.45) is 17.3 Å². The van der Waals surface area contributed by atoms with E-state index in [1.54, 1.807) is 31.4 Å². The number of ketones is 1. The zero-order valence-electron chi connectivity index (χ0n) is 21.0. The zero-order valence-corrected chi connectivity index (χ0v) is 22.5. The molecule has 2 aromatic rings. The Balaban J connectivity index is 1.43. The highest BCUT2D eigenvalue weighted by atomic mass is 35.5. The monoisotopic (exact) mass is 526 g/mol. The molecular formula is C30H32Cl2O4. The molecule has 190 valence electrons. The van der Waals surface area contributed by atoms with E-state index >= 15 is 0 Å². The number of carbonyl (C=O) groups is 2. The molecule has 0 amide bonds. The molecule has 0 aromatic heterocycles. The molecule has 0 aliphatic heterocycles. The molecule has 5 atom stereocenters. The van der Waals surface area contributed by atoms with Gasteiger partial charge < -0.3 is 9.47 Å². The highest BCUT2D eigenvalue weighted by Gasteiger charge is 2.56. The van der Waals surface area contributed by atoms with E-state index in [2.05, 4.69) is 19.1 Å². The Hall–Kier alpha value is -2.30. The molecule has 0 saturated heterocycles. The van der Waals surface area contributed by atoms with Crippen LogP contribution in [0, 0.1) is 17.3 Å². The molecule has 0 heterocycles. The summed E-state index contributed by atoms with van der Waals surface area (Å²) in [4.78, 5) is 24.6. The molecule has 0 radical (unpaired) electrons. The summed E-state index contributed by atoms with van der Waals surface area (Å²) in [6, 6.07) is 9.26. The molecule has 2 saturated carbocycles. The fourth-order valence-corrected chi connectivity index (χ4v) is 7.72. The first-order valence-corrected chi connectivity index (χ1v) is 13.5. The highest BCUT2D eigenvalue weighted by Crippen LogP contribution is 2.61. The lowest BCUT2D eigenvalue weighted by atomic mass is 9.55. The standard InChI is InChI=1S/C30H32Cl2O4/c1-17(33)36-29-11-9-25-22-7-4-18-15-28(35-3)19(14-24(18)21(22)12-13-30(25,29)2)5-10-27(34)23-8-6-20(31)16-26(23)32/h5-6,8,10,14-16,21-22,25,29H,4,7,9,11-13H2,1-3H3/b10-5+/t21-,22+,25-,29?,30-/m0/s1. The molecule has 1 unspecified atom stereocenters. The second-order valence-electron chi connectivity index (χ2n) is 10.8. The van der Waals surface area contributed by atoms with Gasteiger partial charge in [0.25, 0.3) is 0 Å². The van der Waals surface area contributed by atoms with Gasteiger partial charge in [-0.2, -0.15) is 0 Å². The Kier molecular flexibility index (Phi) is 6.95. The number of benzene rings is 2. The predicted octanol–water partition coefficient (Wildman–Crippen LogP) is 7.69. The summed E-state index contributed by atoms with van der Waals surface area (Å²) in [5.74, 6) is 2.04. The number of carbonyl (C=O) groups excluding carboxylic acids is 2. The van der Waals surface area contributed by atoms with Gasteiger partial charge in [0.2, 0.25) is 0 Å². The van der Waals surface area contributed by atoms with Crippen LogP contribution in [-0.4, -0.2) is 25.0 Å². The third kappa shape index (κ3) is 4.48. The SMILES string of the molecule is COc1cc2c(cc1/C=C/C(=O)c1ccc(Cl)cc1Cl)[C@H]1CC[C@]3(C)C(OC(C)=O)CC[C@H]3[C@@H]1CC2. The molecule has 3 aliphatic carbocycles.